The van der Waals surface area contributed by atoms with E-state index in [0.29, 0.717) is 18.7 Å². The predicted octanol–water partition coefficient (Wildman–Crippen LogP) is 0.624. The fraction of sp³-hybridized carbons (Fsp3) is 0.273. The molecule has 2 N–H and O–H groups in total. The van der Waals surface area contributed by atoms with Crippen LogP contribution in [0.15, 0.2) is 35.5 Å². The summed E-state index contributed by atoms with van der Waals surface area (Å²) < 4.78 is 26.3. The van der Waals surface area contributed by atoms with Gasteiger partial charge in [-0.05, 0) is 18.6 Å². The first-order valence-corrected chi connectivity index (χ1v) is 7.56. The largest absolute Gasteiger partial charge is 0.269 e. The third-order valence-corrected chi connectivity index (χ3v) is 4.18. The second-order valence-corrected chi connectivity index (χ2v) is 5.95. The van der Waals surface area contributed by atoms with Crippen molar-refractivity contribution in [3.8, 4) is 0 Å². The van der Waals surface area contributed by atoms with Crippen LogP contribution in [0, 0.1) is 10.1 Å². The van der Waals surface area contributed by atoms with Crippen LogP contribution in [0.3, 0.4) is 0 Å². The average molecular weight is 311 g/mol. The number of nitrogens with zero attached hydrogens (tertiary/aromatic N) is 3. The van der Waals surface area contributed by atoms with Gasteiger partial charge in [0, 0.05) is 25.1 Å². The molecule has 10 heteroatoms. The van der Waals surface area contributed by atoms with E-state index in [1.165, 1.54) is 18.5 Å². The Labute approximate surface area is 120 Å². The minimum Gasteiger partial charge on any atom is -0.263 e. The Balaban J connectivity index is 1.90. The summed E-state index contributed by atoms with van der Waals surface area (Å²) in [6.07, 6.45) is 2.51. The maximum Gasteiger partial charge on any atom is 0.269 e. The highest BCUT2D eigenvalue weighted by Gasteiger charge is 2.15. The maximum absolute atomic E-state index is 12.0. The molecule has 0 aliphatic rings. The molecule has 0 spiro atoms. The number of nitro groups is 1. The lowest BCUT2D eigenvalue weighted by atomic mass is 10.3. The highest BCUT2D eigenvalue weighted by Crippen LogP contribution is 2.15. The number of benzene rings is 1. The molecule has 0 amide bonds. The van der Waals surface area contributed by atoms with E-state index in [1.54, 1.807) is 0 Å². The van der Waals surface area contributed by atoms with Crippen molar-refractivity contribution in [2.45, 2.75) is 17.7 Å². The molecule has 0 unspecified atom stereocenters. The van der Waals surface area contributed by atoms with Crippen LogP contribution >= 0.6 is 0 Å². The van der Waals surface area contributed by atoms with E-state index in [2.05, 4.69) is 19.9 Å². The topological polar surface area (TPSA) is 131 Å². The number of nitro benzene ring substituents is 1. The number of non-ortho nitro benzene ring substituents is 1. The Bertz CT molecular complexity index is 697. The van der Waals surface area contributed by atoms with Gasteiger partial charge in [-0.15, -0.1) is 0 Å². The minimum atomic E-state index is -3.66. The molecular formula is C11H13N5O4S. The van der Waals surface area contributed by atoms with Crippen LogP contribution < -0.4 is 4.72 Å². The molecule has 0 aliphatic heterocycles. The summed E-state index contributed by atoms with van der Waals surface area (Å²) in [5.41, 5.74) is -0.153. The lowest BCUT2D eigenvalue weighted by Crippen LogP contribution is -2.25. The Morgan fingerprint density at radius 2 is 2.00 bits per heavy atom. The summed E-state index contributed by atoms with van der Waals surface area (Å²) >= 11 is 0. The van der Waals surface area contributed by atoms with Crippen LogP contribution in [0.1, 0.15) is 12.2 Å². The van der Waals surface area contributed by atoms with Gasteiger partial charge < -0.3 is 0 Å². The highest BCUT2D eigenvalue weighted by atomic mass is 32.2. The van der Waals surface area contributed by atoms with Gasteiger partial charge in [0.15, 0.2) is 0 Å². The zero-order valence-corrected chi connectivity index (χ0v) is 11.7. The van der Waals surface area contributed by atoms with Gasteiger partial charge in [-0.2, -0.15) is 5.10 Å². The van der Waals surface area contributed by atoms with Crippen LogP contribution in [0.25, 0.3) is 0 Å². The van der Waals surface area contributed by atoms with Crippen molar-refractivity contribution >= 4 is 15.7 Å². The number of hydrogen-bond acceptors (Lipinski definition) is 6. The second kappa shape index (κ2) is 6.41. The molecule has 0 bridgehead atoms. The van der Waals surface area contributed by atoms with E-state index in [0.717, 1.165) is 12.1 Å². The van der Waals surface area contributed by atoms with Gasteiger partial charge in [-0.25, -0.2) is 18.1 Å². The molecular weight excluding hydrogens is 298 g/mol. The van der Waals surface area contributed by atoms with Gasteiger partial charge in [0.05, 0.1) is 9.82 Å². The van der Waals surface area contributed by atoms with Crippen LogP contribution in [-0.2, 0) is 16.4 Å². The van der Waals surface area contributed by atoms with E-state index in [1.807, 2.05) is 0 Å². The zero-order chi connectivity index (χ0) is 15.3. The van der Waals surface area contributed by atoms with Gasteiger partial charge >= 0.3 is 0 Å². The molecule has 112 valence electrons. The van der Waals surface area contributed by atoms with Crippen LogP contribution in [0.4, 0.5) is 5.69 Å². The molecule has 0 saturated heterocycles. The SMILES string of the molecule is O=[N+]([O-])c1ccc(S(=O)(=O)NCCCc2ncn[nH]2)cc1. The summed E-state index contributed by atoms with van der Waals surface area (Å²) in [5, 5.41) is 16.9. The molecule has 1 heterocycles. The Hall–Kier alpha value is -2.33. The van der Waals surface area contributed by atoms with E-state index >= 15 is 0 Å². The fourth-order valence-electron chi connectivity index (χ4n) is 1.64. The third kappa shape index (κ3) is 4.07. The van der Waals surface area contributed by atoms with Crippen molar-refractivity contribution in [3.63, 3.8) is 0 Å². The van der Waals surface area contributed by atoms with Gasteiger partial charge in [0.1, 0.15) is 12.2 Å². The molecule has 0 saturated carbocycles. The Morgan fingerprint density at radius 3 is 2.57 bits per heavy atom. The number of sulfonamides is 1. The summed E-state index contributed by atoms with van der Waals surface area (Å²) in [6, 6.07) is 4.72. The molecule has 9 nitrogen and oxygen atoms in total. The molecule has 1 aromatic carbocycles. The molecule has 21 heavy (non-hydrogen) atoms. The quantitative estimate of drug-likeness (QED) is 0.438. The summed E-state index contributed by atoms with van der Waals surface area (Å²) in [5.74, 6) is 0.685. The van der Waals surface area contributed by atoms with Crippen LogP contribution in [-0.4, -0.2) is 35.1 Å². The van der Waals surface area contributed by atoms with Crippen molar-refractivity contribution in [2.75, 3.05) is 6.54 Å². The van der Waals surface area contributed by atoms with Crippen molar-refractivity contribution in [1.29, 1.82) is 0 Å². The maximum atomic E-state index is 12.0. The van der Waals surface area contributed by atoms with E-state index < -0.39 is 14.9 Å². The Morgan fingerprint density at radius 1 is 1.29 bits per heavy atom. The van der Waals surface area contributed by atoms with E-state index in [9.17, 15) is 18.5 Å². The lowest BCUT2D eigenvalue weighted by molar-refractivity contribution is -0.384. The first-order valence-electron chi connectivity index (χ1n) is 6.07. The summed E-state index contributed by atoms with van der Waals surface area (Å²) in [6.45, 7) is 0.236. The molecule has 1 aromatic heterocycles. The third-order valence-electron chi connectivity index (χ3n) is 2.71. The first kappa shape index (κ1) is 15.1. The molecule has 0 atom stereocenters. The van der Waals surface area contributed by atoms with Crippen LogP contribution in [0.5, 0.6) is 0 Å². The fourth-order valence-corrected chi connectivity index (χ4v) is 2.72. The number of hydrogen-bond donors (Lipinski definition) is 2. The molecule has 0 aliphatic carbocycles. The number of nitrogens with one attached hydrogen (secondary N) is 2. The van der Waals surface area contributed by atoms with Gasteiger partial charge in [0.25, 0.3) is 5.69 Å². The molecule has 2 rings (SSSR count). The van der Waals surface area contributed by atoms with E-state index in [4.69, 9.17) is 0 Å². The summed E-state index contributed by atoms with van der Waals surface area (Å²) in [4.78, 5) is 13.8. The minimum absolute atomic E-state index is 0.00670. The lowest BCUT2D eigenvalue weighted by Gasteiger charge is -2.05. The molecule has 2 aromatic rings. The van der Waals surface area contributed by atoms with Crippen LogP contribution in [0.2, 0.25) is 0 Å². The highest BCUT2D eigenvalue weighted by molar-refractivity contribution is 7.89. The predicted molar refractivity (Wildman–Crippen MR) is 73.0 cm³/mol. The zero-order valence-electron chi connectivity index (χ0n) is 10.9. The number of aryl methyl sites for hydroxylation is 1. The van der Waals surface area contributed by atoms with Gasteiger partial charge in [-0.3, -0.25) is 15.2 Å². The van der Waals surface area contributed by atoms with Crippen molar-refractivity contribution < 1.29 is 13.3 Å². The molecule has 0 fully saturated rings. The van der Waals surface area contributed by atoms with Gasteiger partial charge in [0.2, 0.25) is 10.0 Å². The van der Waals surface area contributed by atoms with Crippen molar-refractivity contribution in [1.82, 2.24) is 19.9 Å². The monoisotopic (exact) mass is 311 g/mol. The van der Waals surface area contributed by atoms with Crippen molar-refractivity contribution in [2.24, 2.45) is 0 Å². The number of rotatable bonds is 7. The average Bonchev–Trinajstić information content (AvgIpc) is 2.97. The van der Waals surface area contributed by atoms with Gasteiger partial charge in [-0.1, -0.05) is 0 Å². The van der Waals surface area contributed by atoms with Crippen molar-refractivity contribution in [3.05, 3.63) is 46.5 Å². The van der Waals surface area contributed by atoms with E-state index in [-0.39, 0.29) is 17.1 Å². The first-order chi connectivity index (χ1) is 9.99. The second-order valence-electron chi connectivity index (χ2n) is 4.18. The summed E-state index contributed by atoms with van der Waals surface area (Å²) in [7, 11) is -3.66. The Kier molecular flexibility index (Phi) is 4.60. The number of aromatic amines is 1. The number of H-pyrrole nitrogens is 1. The number of aromatic nitrogens is 3. The molecule has 0 radical (unpaired) electrons. The normalized spacial score (nSPS) is 11.4. The smallest absolute Gasteiger partial charge is 0.263 e. The standard InChI is InChI=1S/C11H13N5O4S/c17-16(18)9-3-5-10(6-4-9)21(19,20)14-7-1-2-11-12-8-13-15-11/h3-6,8,14H,1-2,7H2,(H,12,13,15).